The number of carbonyl (C=O) groups excluding carboxylic acids is 1. The number of hydrogen-bond donors (Lipinski definition) is 0. The van der Waals surface area contributed by atoms with E-state index in [1.807, 2.05) is 42.2 Å². The van der Waals surface area contributed by atoms with Crippen molar-refractivity contribution < 1.29 is 18.7 Å². The van der Waals surface area contributed by atoms with Crippen LogP contribution in [-0.2, 0) is 22.5 Å². The fourth-order valence-corrected chi connectivity index (χ4v) is 3.63. The second-order valence-electron chi connectivity index (χ2n) is 7.91. The van der Waals surface area contributed by atoms with E-state index in [1.165, 1.54) is 12.1 Å². The predicted molar refractivity (Wildman–Crippen MR) is 119 cm³/mol. The monoisotopic (exact) mass is 437 g/mol. The minimum atomic E-state index is -0.329. The number of methoxy groups -OCH3 is 1. The van der Waals surface area contributed by atoms with Crippen molar-refractivity contribution in [1.29, 1.82) is 0 Å². The van der Waals surface area contributed by atoms with Gasteiger partial charge in [-0.3, -0.25) is 4.79 Å². The van der Waals surface area contributed by atoms with Gasteiger partial charge in [0.25, 0.3) is 0 Å². The van der Waals surface area contributed by atoms with Crippen molar-refractivity contribution in [2.45, 2.75) is 32.7 Å². The molecule has 2 aromatic carbocycles. The highest BCUT2D eigenvalue weighted by atomic mass is 19.1. The van der Waals surface area contributed by atoms with Crippen LogP contribution in [0.2, 0.25) is 0 Å². The summed E-state index contributed by atoms with van der Waals surface area (Å²) in [5.74, 6) is 0.950. The van der Waals surface area contributed by atoms with Gasteiger partial charge in [0.05, 0.1) is 30.1 Å². The Bertz CT molecular complexity index is 1050. The quantitative estimate of drug-likeness (QED) is 0.459. The molecule has 0 saturated heterocycles. The summed E-state index contributed by atoms with van der Waals surface area (Å²) in [6, 6.07) is 15.6. The molecule has 1 aromatic heterocycles. The van der Waals surface area contributed by atoms with Crippen LogP contribution in [0.3, 0.4) is 0 Å². The summed E-state index contributed by atoms with van der Waals surface area (Å²) in [7, 11) is 1.63. The molecule has 7 heteroatoms. The lowest BCUT2D eigenvalue weighted by Gasteiger charge is -2.23. The zero-order chi connectivity index (χ0) is 22.5. The van der Waals surface area contributed by atoms with Crippen LogP contribution in [0.1, 0.15) is 31.0 Å². The predicted octanol–water partition coefficient (Wildman–Crippen LogP) is 4.75. The molecule has 0 atom stereocenters. The Hall–Kier alpha value is -3.19. The van der Waals surface area contributed by atoms with Crippen molar-refractivity contribution in [2.24, 2.45) is 5.92 Å². The lowest BCUT2D eigenvalue weighted by Crippen LogP contribution is -2.34. The molecule has 3 aromatic rings. The zero-order valence-electron chi connectivity index (χ0n) is 18.5. The van der Waals surface area contributed by atoms with Gasteiger partial charge in [-0.2, -0.15) is 5.10 Å². The minimum absolute atomic E-state index is 0.0996. The van der Waals surface area contributed by atoms with Crippen LogP contribution in [0.5, 0.6) is 11.6 Å². The molecule has 1 aliphatic rings. The molecule has 1 amide bonds. The summed E-state index contributed by atoms with van der Waals surface area (Å²) in [4.78, 5) is 14.8. The third kappa shape index (κ3) is 4.99. The Morgan fingerprint density at radius 2 is 1.88 bits per heavy atom. The van der Waals surface area contributed by atoms with E-state index < -0.39 is 0 Å². The van der Waals surface area contributed by atoms with Gasteiger partial charge in [0.2, 0.25) is 11.8 Å². The molecule has 0 spiro atoms. The summed E-state index contributed by atoms with van der Waals surface area (Å²) in [6.07, 6.45) is 2.56. The molecular formula is C25H28FN3O3. The van der Waals surface area contributed by atoms with Crippen LogP contribution in [0.25, 0.3) is 5.69 Å². The molecule has 0 radical (unpaired) electrons. The summed E-state index contributed by atoms with van der Waals surface area (Å²) >= 11 is 0. The number of benzene rings is 2. The Labute approximate surface area is 187 Å². The Balaban J connectivity index is 1.75. The van der Waals surface area contributed by atoms with Gasteiger partial charge in [-0.15, -0.1) is 0 Å². The van der Waals surface area contributed by atoms with E-state index in [2.05, 4.69) is 0 Å². The Morgan fingerprint density at radius 3 is 2.50 bits per heavy atom. The van der Waals surface area contributed by atoms with E-state index in [9.17, 15) is 9.18 Å². The summed E-state index contributed by atoms with van der Waals surface area (Å²) in [5, 5.41) is 4.81. The van der Waals surface area contributed by atoms with Crippen LogP contribution < -0.4 is 4.74 Å². The number of aromatic nitrogens is 2. The largest absolute Gasteiger partial charge is 0.439 e. The number of halogens is 1. The second-order valence-corrected chi connectivity index (χ2v) is 7.91. The van der Waals surface area contributed by atoms with Crippen molar-refractivity contribution in [2.75, 3.05) is 20.3 Å². The van der Waals surface area contributed by atoms with E-state index in [0.29, 0.717) is 37.7 Å². The molecule has 1 aliphatic carbocycles. The first kappa shape index (κ1) is 22.0. The van der Waals surface area contributed by atoms with E-state index in [4.69, 9.17) is 14.6 Å². The van der Waals surface area contributed by atoms with Crippen molar-refractivity contribution in [3.63, 3.8) is 0 Å². The van der Waals surface area contributed by atoms with Crippen molar-refractivity contribution in [3.8, 4) is 17.3 Å². The van der Waals surface area contributed by atoms with Gasteiger partial charge < -0.3 is 14.4 Å². The number of rotatable bonds is 10. The maximum absolute atomic E-state index is 13.4. The zero-order valence-corrected chi connectivity index (χ0v) is 18.5. The molecule has 4 rings (SSSR count). The van der Waals surface area contributed by atoms with Gasteiger partial charge in [-0.25, -0.2) is 9.07 Å². The summed E-state index contributed by atoms with van der Waals surface area (Å²) < 4.78 is 26.7. The molecular weight excluding hydrogens is 409 g/mol. The average molecular weight is 438 g/mol. The van der Waals surface area contributed by atoms with Crippen molar-refractivity contribution in [3.05, 3.63) is 71.7 Å². The summed E-state index contributed by atoms with van der Waals surface area (Å²) in [5.41, 5.74) is 2.56. The number of amides is 1. The number of carbonyl (C=O) groups is 1. The number of para-hydroxylation sites is 1. The molecule has 0 unspecified atom stereocenters. The van der Waals surface area contributed by atoms with Crippen LogP contribution >= 0.6 is 0 Å². The molecule has 0 aliphatic heterocycles. The fourth-order valence-electron chi connectivity index (χ4n) is 3.63. The number of hydrogen-bond acceptors (Lipinski definition) is 4. The highest BCUT2D eigenvalue weighted by molar-refractivity contribution is 5.81. The van der Waals surface area contributed by atoms with E-state index in [-0.39, 0.29) is 17.6 Å². The molecule has 6 nitrogen and oxygen atoms in total. The molecule has 32 heavy (non-hydrogen) atoms. The molecule has 0 bridgehead atoms. The van der Waals surface area contributed by atoms with Crippen LogP contribution in [-0.4, -0.2) is 40.8 Å². The third-order valence-corrected chi connectivity index (χ3v) is 5.54. The maximum atomic E-state index is 13.4. The number of ether oxygens (including phenoxy) is 2. The Kier molecular flexibility index (Phi) is 6.85. The molecule has 0 N–H and O–H groups in total. The fraction of sp³-hybridized carbons (Fsp3) is 0.360. The third-order valence-electron chi connectivity index (χ3n) is 5.54. The lowest BCUT2D eigenvalue weighted by atomic mass is 10.1. The average Bonchev–Trinajstić information content (AvgIpc) is 3.61. The molecule has 1 fully saturated rings. The number of nitrogens with zero attached hydrogens (tertiary/aromatic N) is 3. The molecule has 1 heterocycles. The summed E-state index contributed by atoms with van der Waals surface area (Å²) in [6.45, 7) is 3.37. The van der Waals surface area contributed by atoms with Crippen LogP contribution in [0.4, 0.5) is 4.39 Å². The van der Waals surface area contributed by atoms with Crippen LogP contribution in [0.15, 0.2) is 54.6 Å². The minimum Gasteiger partial charge on any atom is -0.439 e. The molecule has 1 saturated carbocycles. The van der Waals surface area contributed by atoms with Gasteiger partial charge in [0.15, 0.2) is 0 Å². The first-order valence-corrected chi connectivity index (χ1v) is 11.0. The van der Waals surface area contributed by atoms with Gasteiger partial charge in [0, 0.05) is 19.6 Å². The van der Waals surface area contributed by atoms with E-state index in [0.717, 1.165) is 29.8 Å². The topological polar surface area (TPSA) is 56.6 Å². The van der Waals surface area contributed by atoms with Crippen molar-refractivity contribution in [1.82, 2.24) is 14.7 Å². The maximum Gasteiger partial charge on any atom is 0.227 e. The number of aryl methyl sites for hydroxylation is 1. The van der Waals surface area contributed by atoms with Crippen molar-refractivity contribution >= 4 is 5.91 Å². The van der Waals surface area contributed by atoms with Gasteiger partial charge >= 0.3 is 0 Å². The van der Waals surface area contributed by atoms with Gasteiger partial charge in [-0.1, -0.05) is 25.1 Å². The van der Waals surface area contributed by atoms with E-state index >= 15 is 0 Å². The lowest BCUT2D eigenvalue weighted by molar-refractivity contribution is -0.133. The molecule has 168 valence electrons. The SMILES string of the molecule is CCc1nn(-c2ccccc2)c(Oc2ccc(F)cc2)c1CN(CCOC)C(=O)C1CC1. The standard InChI is InChI=1S/C25H28FN3O3/c1-3-23-22(17-28(15-16-31-2)24(30)18-9-10-18)25(32-21-13-11-19(26)12-14-21)29(27-23)20-7-5-4-6-8-20/h4-8,11-14,18H,3,9-10,15-17H2,1-2H3. The first-order chi connectivity index (χ1) is 15.6. The highest BCUT2D eigenvalue weighted by Gasteiger charge is 2.34. The van der Waals surface area contributed by atoms with Gasteiger partial charge in [-0.05, 0) is 55.7 Å². The second kappa shape index (κ2) is 9.96. The Morgan fingerprint density at radius 1 is 1.16 bits per heavy atom. The highest BCUT2D eigenvalue weighted by Crippen LogP contribution is 2.35. The normalized spacial score (nSPS) is 13.2. The van der Waals surface area contributed by atoms with E-state index in [1.54, 1.807) is 23.9 Å². The smallest absolute Gasteiger partial charge is 0.227 e. The van der Waals surface area contributed by atoms with Crippen LogP contribution in [0, 0.1) is 11.7 Å². The van der Waals surface area contributed by atoms with Gasteiger partial charge in [0.1, 0.15) is 11.6 Å². The first-order valence-electron chi connectivity index (χ1n) is 11.0.